The molecule has 1 aromatic heterocycles. The second-order valence-corrected chi connectivity index (χ2v) is 7.16. The number of hydrogen-bond donors (Lipinski definition) is 0. The van der Waals surface area contributed by atoms with E-state index in [0.717, 1.165) is 30.2 Å². The molecular weight excluding hydrogens is 304 g/mol. The van der Waals surface area contributed by atoms with Crippen LogP contribution >= 0.6 is 0 Å². The van der Waals surface area contributed by atoms with Crippen LogP contribution < -0.4 is 0 Å². The number of nitrogens with zero attached hydrogens (tertiary/aromatic N) is 2. The molecule has 1 saturated carbocycles. The van der Waals surface area contributed by atoms with Crippen molar-refractivity contribution in [2.24, 2.45) is 5.92 Å². The highest BCUT2D eigenvalue weighted by atomic mass is 14.8. The van der Waals surface area contributed by atoms with Crippen molar-refractivity contribution in [1.82, 2.24) is 9.97 Å². The monoisotopic (exact) mass is 332 g/mol. The molecule has 0 bridgehead atoms. The van der Waals surface area contributed by atoms with Crippen molar-refractivity contribution in [1.29, 1.82) is 0 Å². The lowest BCUT2D eigenvalue weighted by Crippen LogP contribution is -2.12. The smallest absolute Gasteiger partial charge is 0.205 e. The average molecular weight is 332 g/mol. The zero-order valence-corrected chi connectivity index (χ0v) is 15.5. The topological polar surface area (TPSA) is 25.8 Å². The minimum absolute atomic E-state index is 0.599. The zero-order chi connectivity index (χ0) is 17.5. The van der Waals surface area contributed by atoms with Crippen LogP contribution in [0.2, 0.25) is 0 Å². The molecule has 2 nitrogen and oxygen atoms in total. The van der Waals surface area contributed by atoms with E-state index in [1.807, 2.05) is 12.4 Å². The van der Waals surface area contributed by atoms with Crippen LogP contribution in [0.4, 0.5) is 0 Å². The van der Waals surface area contributed by atoms with Crippen LogP contribution in [0, 0.1) is 17.8 Å². The molecule has 0 unspecified atom stereocenters. The van der Waals surface area contributed by atoms with Gasteiger partial charge < -0.3 is 0 Å². The van der Waals surface area contributed by atoms with Crippen molar-refractivity contribution in [3.05, 3.63) is 59.2 Å². The van der Waals surface area contributed by atoms with Crippen LogP contribution in [0.1, 0.15) is 80.8 Å². The summed E-state index contributed by atoms with van der Waals surface area (Å²) in [6, 6.07) is 8.79. The van der Waals surface area contributed by atoms with Gasteiger partial charge in [-0.2, -0.15) is 0 Å². The maximum absolute atomic E-state index is 4.33. The highest BCUT2D eigenvalue weighted by molar-refractivity contribution is 5.40. The Morgan fingerprint density at radius 2 is 1.60 bits per heavy atom. The summed E-state index contributed by atoms with van der Waals surface area (Å²) in [5.41, 5.74) is 3.68. The van der Waals surface area contributed by atoms with Gasteiger partial charge in [0.1, 0.15) is 0 Å². The molecule has 0 N–H and O–H groups in total. The third-order valence-corrected chi connectivity index (χ3v) is 5.37. The number of aryl methyl sites for hydroxylation is 1. The Balaban J connectivity index is 1.61. The van der Waals surface area contributed by atoms with Gasteiger partial charge in [-0.15, -0.1) is 0 Å². The fourth-order valence-electron chi connectivity index (χ4n) is 3.71. The Morgan fingerprint density at radius 1 is 0.920 bits per heavy atom. The van der Waals surface area contributed by atoms with E-state index in [0.29, 0.717) is 5.82 Å². The molecule has 3 rings (SSSR count). The standard InChI is InChI=1S/C23H28N2/c1-3-5-20-16-24-23(25-17-20)15-10-19-8-13-22(14-9-19)21-11-6-18(4-2)7-12-21/h8-9,13-14,16-18,21H,3-7,11-12H2,1-2H3/t18-,21-. The summed E-state index contributed by atoms with van der Waals surface area (Å²) in [5, 5.41) is 0. The van der Waals surface area contributed by atoms with Crippen molar-refractivity contribution in [2.75, 3.05) is 0 Å². The molecular formula is C23H28N2. The van der Waals surface area contributed by atoms with Crippen LogP contribution in [0.3, 0.4) is 0 Å². The molecule has 0 aliphatic heterocycles. The molecule has 2 aromatic rings. The molecule has 0 atom stereocenters. The number of benzene rings is 1. The Kier molecular flexibility index (Phi) is 6.23. The molecule has 2 heteroatoms. The van der Waals surface area contributed by atoms with E-state index in [9.17, 15) is 0 Å². The van der Waals surface area contributed by atoms with E-state index in [1.54, 1.807) is 0 Å². The van der Waals surface area contributed by atoms with E-state index in [2.05, 4.69) is 59.9 Å². The van der Waals surface area contributed by atoms with Crippen molar-refractivity contribution in [3.8, 4) is 11.8 Å². The third-order valence-electron chi connectivity index (χ3n) is 5.37. The van der Waals surface area contributed by atoms with Crippen LogP contribution in [0.5, 0.6) is 0 Å². The van der Waals surface area contributed by atoms with Gasteiger partial charge in [0.2, 0.25) is 5.82 Å². The van der Waals surface area contributed by atoms with Crippen LogP contribution in [0.25, 0.3) is 0 Å². The first-order valence-electron chi connectivity index (χ1n) is 9.71. The summed E-state index contributed by atoms with van der Waals surface area (Å²) in [4.78, 5) is 8.67. The van der Waals surface area contributed by atoms with E-state index < -0.39 is 0 Å². The predicted octanol–water partition coefficient (Wildman–Crippen LogP) is 5.51. The van der Waals surface area contributed by atoms with Crippen LogP contribution in [-0.4, -0.2) is 9.97 Å². The second kappa shape index (κ2) is 8.81. The van der Waals surface area contributed by atoms with Crippen LogP contribution in [-0.2, 0) is 6.42 Å². The second-order valence-electron chi connectivity index (χ2n) is 7.16. The van der Waals surface area contributed by atoms with E-state index in [1.165, 1.54) is 43.2 Å². The van der Waals surface area contributed by atoms with Gasteiger partial charge in [0.15, 0.2) is 0 Å². The maximum Gasteiger partial charge on any atom is 0.205 e. The molecule has 1 heterocycles. The molecule has 0 radical (unpaired) electrons. The fraction of sp³-hybridized carbons (Fsp3) is 0.478. The quantitative estimate of drug-likeness (QED) is 0.690. The molecule has 1 aliphatic rings. The van der Waals surface area contributed by atoms with E-state index in [-0.39, 0.29) is 0 Å². The van der Waals surface area contributed by atoms with Crippen molar-refractivity contribution >= 4 is 0 Å². The molecule has 130 valence electrons. The summed E-state index contributed by atoms with van der Waals surface area (Å²) in [7, 11) is 0. The SMILES string of the molecule is CCCc1cnc(C#Cc2ccc([C@H]3CC[C@H](CC)CC3)cc2)nc1. The number of rotatable bonds is 4. The summed E-state index contributed by atoms with van der Waals surface area (Å²) in [6.45, 7) is 4.48. The van der Waals surface area contributed by atoms with Gasteiger partial charge in [-0.05, 0) is 73.1 Å². The lowest BCUT2D eigenvalue weighted by molar-refractivity contribution is 0.319. The Morgan fingerprint density at radius 3 is 2.20 bits per heavy atom. The molecule has 0 amide bonds. The van der Waals surface area contributed by atoms with Gasteiger partial charge in [-0.25, -0.2) is 9.97 Å². The number of aromatic nitrogens is 2. The van der Waals surface area contributed by atoms with E-state index >= 15 is 0 Å². The molecule has 1 aromatic carbocycles. The lowest BCUT2D eigenvalue weighted by Gasteiger charge is -2.28. The minimum atomic E-state index is 0.599. The van der Waals surface area contributed by atoms with Crippen LogP contribution in [0.15, 0.2) is 36.7 Å². The first-order chi connectivity index (χ1) is 12.3. The molecule has 1 fully saturated rings. The molecule has 0 saturated heterocycles. The van der Waals surface area contributed by atoms with Gasteiger partial charge >= 0.3 is 0 Å². The minimum Gasteiger partial charge on any atom is -0.229 e. The summed E-state index contributed by atoms with van der Waals surface area (Å²) in [6.07, 6.45) is 12.7. The largest absolute Gasteiger partial charge is 0.229 e. The highest BCUT2D eigenvalue weighted by Crippen LogP contribution is 2.36. The molecule has 25 heavy (non-hydrogen) atoms. The molecule has 0 spiro atoms. The summed E-state index contributed by atoms with van der Waals surface area (Å²) >= 11 is 0. The first kappa shape index (κ1) is 17.7. The predicted molar refractivity (Wildman–Crippen MR) is 103 cm³/mol. The highest BCUT2D eigenvalue weighted by Gasteiger charge is 2.20. The van der Waals surface area contributed by atoms with Gasteiger partial charge in [0.05, 0.1) is 0 Å². The maximum atomic E-state index is 4.33. The van der Waals surface area contributed by atoms with Gasteiger partial charge in [-0.1, -0.05) is 44.7 Å². The van der Waals surface area contributed by atoms with Crippen molar-refractivity contribution in [3.63, 3.8) is 0 Å². The summed E-state index contributed by atoms with van der Waals surface area (Å²) in [5.74, 6) is 8.54. The molecule has 1 aliphatic carbocycles. The van der Waals surface area contributed by atoms with Gasteiger partial charge in [0.25, 0.3) is 0 Å². The zero-order valence-electron chi connectivity index (χ0n) is 15.5. The van der Waals surface area contributed by atoms with Crippen molar-refractivity contribution < 1.29 is 0 Å². The Hall–Kier alpha value is -2.14. The van der Waals surface area contributed by atoms with E-state index in [4.69, 9.17) is 0 Å². The average Bonchev–Trinajstić information content (AvgIpc) is 2.68. The Bertz CT molecular complexity index is 711. The number of hydrogen-bond acceptors (Lipinski definition) is 2. The van der Waals surface area contributed by atoms with Gasteiger partial charge in [0, 0.05) is 18.0 Å². The van der Waals surface area contributed by atoms with Crippen molar-refractivity contribution in [2.45, 2.75) is 64.7 Å². The lowest BCUT2D eigenvalue weighted by atomic mass is 9.78. The Labute approximate surface area is 152 Å². The fourth-order valence-corrected chi connectivity index (χ4v) is 3.71. The normalized spacial score (nSPS) is 19.9. The third kappa shape index (κ3) is 4.92. The summed E-state index contributed by atoms with van der Waals surface area (Å²) < 4.78 is 0. The van der Waals surface area contributed by atoms with Gasteiger partial charge in [-0.3, -0.25) is 0 Å². The first-order valence-corrected chi connectivity index (χ1v) is 9.71.